The number of aryl methyl sites for hydroxylation is 1. The van der Waals surface area contributed by atoms with Crippen LogP contribution in [-0.4, -0.2) is 6.54 Å². The van der Waals surface area contributed by atoms with Crippen molar-refractivity contribution >= 4 is 11.6 Å². The third-order valence-corrected chi connectivity index (χ3v) is 4.18. The van der Waals surface area contributed by atoms with E-state index in [-0.39, 0.29) is 0 Å². The predicted molar refractivity (Wildman–Crippen MR) is 90.5 cm³/mol. The molecule has 1 rings (SSSR count). The van der Waals surface area contributed by atoms with E-state index < -0.39 is 0 Å². The minimum Gasteiger partial charge on any atom is -0.313 e. The van der Waals surface area contributed by atoms with Gasteiger partial charge in [-0.25, -0.2) is 0 Å². The van der Waals surface area contributed by atoms with E-state index in [1.807, 2.05) is 6.92 Å². The van der Waals surface area contributed by atoms with Gasteiger partial charge in [0.25, 0.3) is 0 Å². The Balaban J connectivity index is 1.95. The fourth-order valence-electron chi connectivity index (χ4n) is 2.36. The first-order valence-corrected chi connectivity index (χ1v) is 8.57. The molecular formula is C18H30ClN. The first kappa shape index (κ1) is 17.5. The maximum atomic E-state index is 6.12. The van der Waals surface area contributed by atoms with E-state index in [0.717, 1.165) is 23.7 Å². The number of halogens is 1. The molecule has 0 aliphatic carbocycles. The maximum Gasteiger partial charge on any atom is 0.0438 e. The van der Waals surface area contributed by atoms with Gasteiger partial charge in [0.2, 0.25) is 0 Å². The lowest BCUT2D eigenvalue weighted by molar-refractivity contribution is 0.555. The first-order valence-electron chi connectivity index (χ1n) is 8.19. The maximum absolute atomic E-state index is 6.12. The van der Waals surface area contributed by atoms with Gasteiger partial charge in [0.15, 0.2) is 0 Å². The SMILES string of the molecule is CCCCCCCCCCNCc1ccc(C)c(Cl)c1. The molecule has 0 amide bonds. The Morgan fingerprint density at radius 3 is 2.25 bits per heavy atom. The fraction of sp³-hybridized carbons (Fsp3) is 0.667. The van der Waals surface area contributed by atoms with E-state index in [2.05, 4.69) is 30.4 Å². The van der Waals surface area contributed by atoms with Gasteiger partial charge in [0.1, 0.15) is 0 Å². The average molecular weight is 296 g/mol. The normalized spacial score (nSPS) is 10.9. The molecule has 1 nitrogen and oxygen atoms in total. The summed E-state index contributed by atoms with van der Waals surface area (Å²) in [4.78, 5) is 0. The van der Waals surface area contributed by atoms with Crippen LogP contribution in [0.2, 0.25) is 5.02 Å². The zero-order valence-electron chi connectivity index (χ0n) is 13.2. The molecule has 0 heterocycles. The summed E-state index contributed by atoms with van der Waals surface area (Å²) in [5.74, 6) is 0. The number of hydrogen-bond acceptors (Lipinski definition) is 1. The topological polar surface area (TPSA) is 12.0 Å². The largest absolute Gasteiger partial charge is 0.313 e. The van der Waals surface area contributed by atoms with Crippen molar-refractivity contribution in [3.63, 3.8) is 0 Å². The number of benzene rings is 1. The van der Waals surface area contributed by atoms with Gasteiger partial charge in [-0.3, -0.25) is 0 Å². The van der Waals surface area contributed by atoms with Crippen LogP contribution in [-0.2, 0) is 6.54 Å². The second kappa shape index (κ2) is 11.2. The summed E-state index contributed by atoms with van der Waals surface area (Å²) >= 11 is 6.12. The van der Waals surface area contributed by atoms with E-state index in [1.54, 1.807) is 0 Å². The highest BCUT2D eigenvalue weighted by molar-refractivity contribution is 6.31. The molecule has 1 aromatic carbocycles. The molecule has 0 radical (unpaired) electrons. The first-order chi connectivity index (χ1) is 9.74. The lowest BCUT2D eigenvalue weighted by Crippen LogP contribution is -2.14. The number of rotatable bonds is 11. The average Bonchev–Trinajstić information content (AvgIpc) is 2.45. The number of unbranched alkanes of at least 4 members (excludes halogenated alkanes) is 7. The molecule has 1 aromatic rings. The van der Waals surface area contributed by atoms with Crippen molar-refractivity contribution in [1.82, 2.24) is 5.32 Å². The third kappa shape index (κ3) is 7.91. The Morgan fingerprint density at radius 1 is 0.950 bits per heavy atom. The third-order valence-electron chi connectivity index (χ3n) is 3.77. The van der Waals surface area contributed by atoms with Crippen LogP contribution in [0.1, 0.15) is 69.4 Å². The minimum atomic E-state index is 0.872. The molecule has 0 saturated heterocycles. The van der Waals surface area contributed by atoms with E-state index in [4.69, 9.17) is 11.6 Å². The molecule has 0 saturated carbocycles. The van der Waals surface area contributed by atoms with Crippen LogP contribution >= 0.6 is 11.6 Å². The standard InChI is InChI=1S/C18H30ClN/c1-3-4-5-6-7-8-9-10-13-20-15-17-12-11-16(2)18(19)14-17/h11-12,14,20H,3-10,13,15H2,1-2H3. The van der Waals surface area contributed by atoms with Crippen LogP contribution in [0.3, 0.4) is 0 Å². The summed E-state index contributed by atoms with van der Waals surface area (Å²) in [5, 5.41) is 4.37. The Morgan fingerprint density at radius 2 is 1.60 bits per heavy atom. The monoisotopic (exact) mass is 295 g/mol. The molecule has 1 N–H and O–H groups in total. The molecule has 0 aliphatic rings. The van der Waals surface area contributed by atoms with Crippen LogP contribution in [0, 0.1) is 6.92 Å². The summed E-state index contributed by atoms with van der Waals surface area (Å²) in [6.45, 7) is 6.35. The molecule has 0 atom stereocenters. The van der Waals surface area contributed by atoms with Gasteiger partial charge in [-0.1, -0.05) is 75.6 Å². The smallest absolute Gasteiger partial charge is 0.0438 e. The Hall–Kier alpha value is -0.530. The van der Waals surface area contributed by atoms with Crippen molar-refractivity contribution < 1.29 is 0 Å². The zero-order chi connectivity index (χ0) is 14.6. The fourth-order valence-corrected chi connectivity index (χ4v) is 2.57. The molecule has 114 valence electrons. The summed E-state index contributed by atoms with van der Waals surface area (Å²) in [7, 11) is 0. The van der Waals surface area contributed by atoms with Gasteiger partial charge in [-0.2, -0.15) is 0 Å². The summed E-state index contributed by atoms with van der Waals surface area (Å²) < 4.78 is 0. The van der Waals surface area contributed by atoms with E-state index in [0.29, 0.717) is 0 Å². The molecule has 0 fully saturated rings. The molecule has 2 heteroatoms. The summed E-state index contributed by atoms with van der Waals surface area (Å²) in [5.41, 5.74) is 2.43. The van der Waals surface area contributed by atoms with Crippen LogP contribution in [0.25, 0.3) is 0 Å². The Bertz CT molecular complexity index is 362. The minimum absolute atomic E-state index is 0.872. The molecule has 20 heavy (non-hydrogen) atoms. The Kier molecular flexibility index (Phi) is 9.78. The van der Waals surface area contributed by atoms with Crippen molar-refractivity contribution in [3.05, 3.63) is 34.3 Å². The predicted octanol–water partition coefficient (Wildman–Crippen LogP) is 5.88. The van der Waals surface area contributed by atoms with Crippen molar-refractivity contribution in [3.8, 4) is 0 Å². The van der Waals surface area contributed by atoms with Crippen molar-refractivity contribution in [1.29, 1.82) is 0 Å². The lowest BCUT2D eigenvalue weighted by Gasteiger charge is -2.06. The zero-order valence-corrected chi connectivity index (χ0v) is 13.9. The van der Waals surface area contributed by atoms with Gasteiger partial charge in [-0.15, -0.1) is 0 Å². The van der Waals surface area contributed by atoms with Gasteiger partial charge in [-0.05, 0) is 37.1 Å². The van der Waals surface area contributed by atoms with Gasteiger partial charge >= 0.3 is 0 Å². The van der Waals surface area contributed by atoms with Crippen molar-refractivity contribution in [2.75, 3.05) is 6.54 Å². The van der Waals surface area contributed by atoms with Crippen LogP contribution in [0.5, 0.6) is 0 Å². The van der Waals surface area contributed by atoms with Crippen LogP contribution in [0.4, 0.5) is 0 Å². The molecule has 0 spiro atoms. The summed E-state index contributed by atoms with van der Waals surface area (Å²) in [6, 6.07) is 6.31. The van der Waals surface area contributed by atoms with E-state index >= 15 is 0 Å². The second-order valence-electron chi connectivity index (χ2n) is 5.74. The molecule has 0 bridgehead atoms. The number of nitrogens with one attached hydrogen (secondary N) is 1. The highest BCUT2D eigenvalue weighted by atomic mass is 35.5. The quantitative estimate of drug-likeness (QED) is 0.503. The van der Waals surface area contributed by atoms with Gasteiger partial charge in [0.05, 0.1) is 0 Å². The highest BCUT2D eigenvalue weighted by Gasteiger charge is 1.97. The Labute approximate surface area is 130 Å². The molecule has 0 unspecified atom stereocenters. The highest BCUT2D eigenvalue weighted by Crippen LogP contribution is 2.16. The van der Waals surface area contributed by atoms with E-state index in [1.165, 1.54) is 56.9 Å². The van der Waals surface area contributed by atoms with Crippen molar-refractivity contribution in [2.24, 2.45) is 0 Å². The van der Waals surface area contributed by atoms with Crippen LogP contribution < -0.4 is 5.32 Å². The van der Waals surface area contributed by atoms with Gasteiger partial charge in [0, 0.05) is 11.6 Å². The second-order valence-corrected chi connectivity index (χ2v) is 6.14. The van der Waals surface area contributed by atoms with Crippen molar-refractivity contribution in [2.45, 2.75) is 71.8 Å². The molecule has 0 aliphatic heterocycles. The summed E-state index contributed by atoms with van der Waals surface area (Å²) in [6.07, 6.45) is 11.0. The molecule has 0 aromatic heterocycles. The van der Waals surface area contributed by atoms with E-state index in [9.17, 15) is 0 Å². The molecular weight excluding hydrogens is 266 g/mol. The van der Waals surface area contributed by atoms with Crippen LogP contribution in [0.15, 0.2) is 18.2 Å². The van der Waals surface area contributed by atoms with Gasteiger partial charge < -0.3 is 5.32 Å². The lowest BCUT2D eigenvalue weighted by atomic mass is 10.1. The number of hydrogen-bond donors (Lipinski definition) is 1.